The lowest BCUT2D eigenvalue weighted by Crippen LogP contribution is -2.54. The molecule has 4 rings (SSSR count). The smallest absolute Gasteiger partial charge is 0.246 e. The van der Waals surface area contributed by atoms with Crippen LogP contribution in [0, 0.1) is 23.7 Å². The van der Waals surface area contributed by atoms with Crippen molar-refractivity contribution >= 4 is 17.7 Å². The minimum absolute atomic E-state index is 0.0324. The Labute approximate surface area is 233 Å². The van der Waals surface area contributed by atoms with E-state index in [-0.39, 0.29) is 36.4 Å². The third-order valence-electron chi connectivity index (χ3n) is 8.78. The number of carbonyl (C=O) groups excluding carboxylic acids is 3. The molecule has 2 heterocycles. The lowest BCUT2D eigenvalue weighted by molar-refractivity contribution is -0.145. The first-order valence-corrected chi connectivity index (χ1v) is 14.9. The minimum atomic E-state index is -0.666. The molecule has 2 saturated heterocycles. The Kier molecular flexibility index (Phi) is 10.8. The topological polar surface area (TPSA) is 88.2 Å². The maximum absolute atomic E-state index is 13.7. The molecule has 1 aromatic carbocycles. The maximum atomic E-state index is 13.7. The standard InChI is InChI=1S/C31H47N3O5/c1-22(2)26-10-9-23(3)19-28(26)39-21-29(35)32-27(20-24-7-5-4-6-8-24)31(37)33-13-11-25(12-14-33)30(36)34-15-17-38-18-16-34/h4-8,22-23,25-28H,9-21H2,1-3H3,(H,32,35)/t23-,26+,27+,28?/m0/s1. The van der Waals surface area contributed by atoms with Gasteiger partial charge in [0.2, 0.25) is 17.7 Å². The van der Waals surface area contributed by atoms with E-state index in [9.17, 15) is 14.4 Å². The normalized spacial score (nSPS) is 25.4. The van der Waals surface area contributed by atoms with E-state index in [1.54, 1.807) is 0 Å². The SMILES string of the molecule is CC(C)[C@H]1CC[C@H](C)CC1OCC(=O)N[C@H](Cc1ccccc1)C(=O)N1CCC(C(=O)N2CCOCC2)CC1. The average Bonchev–Trinajstić information content (AvgIpc) is 2.96. The van der Waals surface area contributed by atoms with E-state index in [2.05, 4.69) is 26.1 Å². The first-order chi connectivity index (χ1) is 18.8. The van der Waals surface area contributed by atoms with Gasteiger partial charge in [-0.3, -0.25) is 14.4 Å². The molecule has 0 aromatic heterocycles. The summed E-state index contributed by atoms with van der Waals surface area (Å²) in [5, 5.41) is 3.00. The number of hydrogen-bond donors (Lipinski definition) is 1. The molecule has 3 fully saturated rings. The molecule has 216 valence electrons. The van der Waals surface area contributed by atoms with E-state index in [1.807, 2.05) is 40.1 Å². The summed E-state index contributed by atoms with van der Waals surface area (Å²) in [6.07, 6.45) is 5.10. The first kappa shape index (κ1) is 29.5. The van der Waals surface area contributed by atoms with Gasteiger partial charge < -0.3 is 24.6 Å². The van der Waals surface area contributed by atoms with Gasteiger partial charge in [0.15, 0.2) is 0 Å². The molecule has 0 spiro atoms. The number of hydrogen-bond acceptors (Lipinski definition) is 5. The van der Waals surface area contributed by atoms with Crippen LogP contribution in [0.1, 0.15) is 58.4 Å². The zero-order chi connectivity index (χ0) is 27.8. The van der Waals surface area contributed by atoms with Crippen LogP contribution < -0.4 is 5.32 Å². The Hall–Kier alpha value is -2.45. The number of morpholine rings is 1. The Morgan fingerprint density at radius 1 is 0.974 bits per heavy atom. The predicted molar refractivity (Wildman–Crippen MR) is 150 cm³/mol. The van der Waals surface area contributed by atoms with Crippen LogP contribution in [-0.2, 0) is 30.3 Å². The lowest BCUT2D eigenvalue weighted by atomic mass is 9.75. The van der Waals surface area contributed by atoms with Crippen molar-refractivity contribution in [3.8, 4) is 0 Å². The molecule has 1 aromatic rings. The molecule has 3 amide bonds. The van der Waals surface area contributed by atoms with Gasteiger partial charge in [0.1, 0.15) is 12.6 Å². The Bertz CT molecular complexity index is 941. The maximum Gasteiger partial charge on any atom is 0.246 e. The number of ether oxygens (including phenoxy) is 2. The van der Waals surface area contributed by atoms with Crippen molar-refractivity contribution in [3.05, 3.63) is 35.9 Å². The van der Waals surface area contributed by atoms with E-state index in [0.29, 0.717) is 76.4 Å². The number of likely N-dealkylation sites (tertiary alicyclic amines) is 1. The molecule has 39 heavy (non-hydrogen) atoms. The van der Waals surface area contributed by atoms with Crippen LogP contribution >= 0.6 is 0 Å². The van der Waals surface area contributed by atoms with Crippen LogP contribution in [-0.4, -0.2) is 85.7 Å². The zero-order valence-corrected chi connectivity index (χ0v) is 24.0. The van der Waals surface area contributed by atoms with Gasteiger partial charge >= 0.3 is 0 Å². The van der Waals surface area contributed by atoms with E-state index in [0.717, 1.165) is 18.4 Å². The van der Waals surface area contributed by atoms with Gasteiger partial charge in [-0.25, -0.2) is 0 Å². The number of benzene rings is 1. The quantitative estimate of drug-likeness (QED) is 0.518. The molecular weight excluding hydrogens is 494 g/mol. The summed E-state index contributed by atoms with van der Waals surface area (Å²) in [5.74, 6) is 1.34. The highest BCUT2D eigenvalue weighted by atomic mass is 16.5. The summed E-state index contributed by atoms with van der Waals surface area (Å²) < 4.78 is 11.5. The Morgan fingerprint density at radius 2 is 1.67 bits per heavy atom. The number of nitrogens with zero attached hydrogens (tertiary/aromatic N) is 2. The van der Waals surface area contributed by atoms with Crippen molar-refractivity contribution in [2.24, 2.45) is 23.7 Å². The molecule has 1 saturated carbocycles. The fraction of sp³-hybridized carbons (Fsp3) is 0.710. The molecule has 0 radical (unpaired) electrons. The summed E-state index contributed by atoms with van der Waals surface area (Å²) in [6, 6.07) is 9.13. The molecule has 0 bridgehead atoms. The van der Waals surface area contributed by atoms with Crippen molar-refractivity contribution in [3.63, 3.8) is 0 Å². The van der Waals surface area contributed by atoms with E-state index in [4.69, 9.17) is 9.47 Å². The summed E-state index contributed by atoms with van der Waals surface area (Å²) >= 11 is 0. The third kappa shape index (κ3) is 8.27. The van der Waals surface area contributed by atoms with Crippen molar-refractivity contribution in [2.45, 2.75) is 71.4 Å². The van der Waals surface area contributed by atoms with E-state index in [1.165, 1.54) is 6.42 Å². The monoisotopic (exact) mass is 541 g/mol. The van der Waals surface area contributed by atoms with Crippen LogP contribution in [0.5, 0.6) is 0 Å². The molecule has 1 N–H and O–H groups in total. The van der Waals surface area contributed by atoms with E-state index < -0.39 is 6.04 Å². The molecule has 8 nitrogen and oxygen atoms in total. The van der Waals surface area contributed by atoms with Crippen LogP contribution in [0.25, 0.3) is 0 Å². The average molecular weight is 542 g/mol. The number of carbonyl (C=O) groups is 3. The first-order valence-electron chi connectivity index (χ1n) is 14.9. The van der Waals surface area contributed by atoms with Crippen molar-refractivity contribution in [1.29, 1.82) is 0 Å². The fourth-order valence-corrected chi connectivity index (χ4v) is 6.38. The van der Waals surface area contributed by atoms with Crippen molar-refractivity contribution in [2.75, 3.05) is 46.0 Å². The molecule has 8 heteroatoms. The van der Waals surface area contributed by atoms with Crippen LogP contribution in [0.2, 0.25) is 0 Å². The van der Waals surface area contributed by atoms with Gasteiger partial charge in [-0.1, -0.05) is 57.5 Å². The second-order valence-corrected chi connectivity index (χ2v) is 12.0. The summed E-state index contributed by atoms with van der Waals surface area (Å²) in [4.78, 5) is 43.4. The Balaban J connectivity index is 1.34. The number of nitrogens with one attached hydrogen (secondary N) is 1. The summed E-state index contributed by atoms with van der Waals surface area (Å²) in [7, 11) is 0. The molecule has 4 atom stereocenters. The number of amides is 3. The van der Waals surface area contributed by atoms with Crippen LogP contribution in [0.4, 0.5) is 0 Å². The van der Waals surface area contributed by atoms with Gasteiger partial charge in [0, 0.05) is 38.5 Å². The molecule has 1 unspecified atom stereocenters. The zero-order valence-electron chi connectivity index (χ0n) is 24.0. The highest BCUT2D eigenvalue weighted by molar-refractivity contribution is 5.88. The summed E-state index contributed by atoms with van der Waals surface area (Å²) in [6.45, 7) is 10.2. The second kappa shape index (κ2) is 14.3. The molecular formula is C31H47N3O5. The molecule has 3 aliphatic rings. The molecule has 2 aliphatic heterocycles. The lowest BCUT2D eigenvalue weighted by Gasteiger charge is -2.37. The minimum Gasteiger partial charge on any atom is -0.378 e. The van der Waals surface area contributed by atoms with Gasteiger partial charge in [-0.05, 0) is 49.0 Å². The third-order valence-corrected chi connectivity index (χ3v) is 8.78. The second-order valence-electron chi connectivity index (χ2n) is 12.0. The van der Waals surface area contributed by atoms with Crippen molar-refractivity contribution in [1.82, 2.24) is 15.1 Å². The molecule has 1 aliphatic carbocycles. The van der Waals surface area contributed by atoms with Crippen molar-refractivity contribution < 1.29 is 23.9 Å². The predicted octanol–water partition coefficient (Wildman–Crippen LogP) is 3.29. The van der Waals surface area contributed by atoms with Gasteiger partial charge in [0.05, 0.1) is 19.3 Å². The highest BCUT2D eigenvalue weighted by Crippen LogP contribution is 2.35. The van der Waals surface area contributed by atoms with Crippen LogP contribution in [0.15, 0.2) is 30.3 Å². The summed E-state index contributed by atoms with van der Waals surface area (Å²) in [5.41, 5.74) is 0.996. The fourth-order valence-electron chi connectivity index (χ4n) is 6.38. The Morgan fingerprint density at radius 3 is 2.33 bits per heavy atom. The largest absolute Gasteiger partial charge is 0.378 e. The highest BCUT2D eigenvalue weighted by Gasteiger charge is 2.35. The van der Waals surface area contributed by atoms with Gasteiger partial charge in [0.25, 0.3) is 0 Å². The van der Waals surface area contributed by atoms with E-state index >= 15 is 0 Å². The van der Waals surface area contributed by atoms with Crippen LogP contribution in [0.3, 0.4) is 0 Å². The number of piperidine rings is 1. The van der Waals surface area contributed by atoms with Gasteiger partial charge in [-0.2, -0.15) is 0 Å². The van der Waals surface area contributed by atoms with Gasteiger partial charge in [-0.15, -0.1) is 0 Å². The number of rotatable bonds is 9.